The molecule has 17 heavy (non-hydrogen) atoms. The minimum absolute atomic E-state index is 0.0103. The van der Waals surface area contributed by atoms with Crippen LogP contribution >= 0.6 is 0 Å². The maximum Gasteiger partial charge on any atom is 0.167 e. The van der Waals surface area contributed by atoms with E-state index >= 15 is 0 Å². The van der Waals surface area contributed by atoms with E-state index in [4.69, 9.17) is 0 Å². The molecule has 2 fully saturated rings. The second kappa shape index (κ2) is 3.06. The smallest absolute Gasteiger partial charge is 0.167 e. The first kappa shape index (κ1) is 9.58. The Balaban J connectivity index is 1.91. The number of hydrogen-bond donors (Lipinski definition) is 0. The van der Waals surface area contributed by atoms with Crippen LogP contribution in [0.1, 0.15) is 40.0 Å². The lowest BCUT2D eigenvalue weighted by molar-refractivity contribution is 0.0661. The molecule has 0 N–H and O–H groups in total. The Labute approximate surface area is 100 Å². The van der Waals surface area contributed by atoms with Crippen molar-refractivity contribution in [2.24, 2.45) is 23.7 Å². The molecule has 0 unspecified atom stereocenters. The van der Waals surface area contributed by atoms with Crippen molar-refractivity contribution in [2.75, 3.05) is 0 Å². The van der Waals surface area contributed by atoms with Gasteiger partial charge in [0.15, 0.2) is 11.6 Å². The van der Waals surface area contributed by atoms with Gasteiger partial charge in [-0.2, -0.15) is 0 Å². The summed E-state index contributed by atoms with van der Waals surface area (Å²) in [5, 5.41) is 0. The highest BCUT2D eigenvalue weighted by Gasteiger charge is 2.56. The monoisotopic (exact) mass is 226 g/mol. The second-order valence-electron chi connectivity index (χ2n) is 5.66. The van der Waals surface area contributed by atoms with Crippen molar-refractivity contribution in [1.29, 1.82) is 0 Å². The van der Waals surface area contributed by atoms with Crippen LogP contribution in [0, 0.1) is 23.7 Å². The molecular formula is C15H14O2. The minimum atomic E-state index is 0.0103. The molecule has 0 heterocycles. The molecule has 0 radical (unpaired) electrons. The van der Waals surface area contributed by atoms with Crippen molar-refractivity contribution >= 4 is 11.6 Å². The van der Waals surface area contributed by atoms with Gasteiger partial charge in [0.25, 0.3) is 0 Å². The SMILES string of the molecule is O=C1c2ccccc2C(=O)[C@H]2[C@H]3CC[C@@H](C3)[C@@H]12. The number of ketones is 2. The van der Waals surface area contributed by atoms with Crippen LogP contribution < -0.4 is 0 Å². The summed E-state index contributed by atoms with van der Waals surface area (Å²) >= 11 is 0. The summed E-state index contributed by atoms with van der Waals surface area (Å²) < 4.78 is 0. The fraction of sp³-hybridized carbons (Fsp3) is 0.467. The summed E-state index contributed by atoms with van der Waals surface area (Å²) in [6, 6.07) is 7.35. The Morgan fingerprint density at radius 1 is 0.824 bits per heavy atom. The zero-order valence-corrected chi connectivity index (χ0v) is 9.56. The van der Waals surface area contributed by atoms with Gasteiger partial charge in [-0.05, 0) is 31.1 Å². The topological polar surface area (TPSA) is 34.1 Å². The van der Waals surface area contributed by atoms with Crippen molar-refractivity contribution in [3.05, 3.63) is 35.4 Å². The normalized spacial score (nSPS) is 38.1. The molecule has 0 saturated heterocycles. The van der Waals surface area contributed by atoms with Gasteiger partial charge in [-0.25, -0.2) is 0 Å². The third-order valence-electron chi connectivity index (χ3n) is 4.98. The zero-order chi connectivity index (χ0) is 11.6. The van der Waals surface area contributed by atoms with E-state index in [-0.39, 0.29) is 23.4 Å². The first-order valence-corrected chi connectivity index (χ1v) is 6.45. The van der Waals surface area contributed by atoms with Crippen LogP contribution in [0.15, 0.2) is 24.3 Å². The molecule has 0 aromatic heterocycles. The summed E-state index contributed by atoms with van der Waals surface area (Å²) in [7, 11) is 0. The van der Waals surface area contributed by atoms with Gasteiger partial charge in [-0.1, -0.05) is 24.3 Å². The van der Waals surface area contributed by atoms with Gasteiger partial charge >= 0.3 is 0 Å². The molecule has 0 spiro atoms. The van der Waals surface area contributed by atoms with Crippen LogP contribution in [0.5, 0.6) is 0 Å². The van der Waals surface area contributed by atoms with Gasteiger partial charge in [-0.3, -0.25) is 9.59 Å². The second-order valence-corrected chi connectivity index (χ2v) is 5.66. The van der Waals surface area contributed by atoms with E-state index in [1.807, 2.05) is 24.3 Å². The van der Waals surface area contributed by atoms with Crippen LogP contribution in [0.2, 0.25) is 0 Å². The molecule has 4 atom stereocenters. The first-order valence-electron chi connectivity index (χ1n) is 6.45. The Hall–Kier alpha value is -1.44. The number of carbonyl (C=O) groups excluding carboxylic acids is 2. The highest BCUT2D eigenvalue weighted by molar-refractivity contribution is 6.16. The summed E-state index contributed by atoms with van der Waals surface area (Å²) in [6.45, 7) is 0. The summed E-state index contributed by atoms with van der Waals surface area (Å²) in [5.74, 6) is 1.45. The van der Waals surface area contributed by atoms with E-state index in [2.05, 4.69) is 0 Å². The molecule has 1 aromatic rings. The van der Waals surface area contributed by atoms with E-state index in [9.17, 15) is 9.59 Å². The van der Waals surface area contributed by atoms with E-state index < -0.39 is 0 Å². The van der Waals surface area contributed by atoms with Crippen molar-refractivity contribution in [3.63, 3.8) is 0 Å². The lowest BCUT2D eigenvalue weighted by atomic mass is 9.67. The number of carbonyl (C=O) groups is 2. The van der Waals surface area contributed by atoms with Gasteiger partial charge < -0.3 is 0 Å². The number of Topliss-reactive ketones (excluding diaryl/α,β-unsaturated/α-hetero) is 2. The van der Waals surface area contributed by atoms with Crippen molar-refractivity contribution in [2.45, 2.75) is 19.3 Å². The van der Waals surface area contributed by atoms with Gasteiger partial charge in [0.2, 0.25) is 0 Å². The molecule has 3 aliphatic rings. The average molecular weight is 226 g/mol. The molecular weight excluding hydrogens is 212 g/mol. The summed E-state index contributed by atoms with van der Waals surface area (Å²) in [6.07, 6.45) is 3.39. The highest BCUT2D eigenvalue weighted by atomic mass is 16.1. The number of fused-ring (bicyclic) bond motifs is 6. The molecule has 1 aromatic carbocycles. The summed E-state index contributed by atoms with van der Waals surface area (Å²) in [5.41, 5.74) is 1.34. The molecule has 4 rings (SSSR count). The average Bonchev–Trinajstić information content (AvgIpc) is 2.96. The van der Waals surface area contributed by atoms with Crippen LogP contribution in [0.4, 0.5) is 0 Å². The van der Waals surface area contributed by atoms with Gasteiger partial charge in [0, 0.05) is 23.0 Å². The third-order valence-corrected chi connectivity index (χ3v) is 4.98. The van der Waals surface area contributed by atoms with Crippen LogP contribution in [-0.2, 0) is 0 Å². The van der Waals surface area contributed by atoms with Crippen LogP contribution in [0.25, 0.3) is 0 Å². The quantitative estimate of drug-likeness (QED) is 0.681. The van der Waals surface area contributed by atoms with E-state index in [1.54, 1.807) is 0 Å². The lowest BCUT2D eigenvalue weighted by Gasteiger charge is -2.33. The first-order chi connectivity index (χ1) is 8.27. The van der Waals surface area contributed by atoms with Gasteiger partial charge in [0.05, 0.1) is 0 Å². The van der Waals surface area contributed by atoms with Crippen LogP contribution in [0.3, 0.4) is 0 Å². The lowest BCUT2D eigenvalue weighted by Crippen LogP contribution is -2.40. The molecule has 2 bridgehead atoms. The van der Waals surface area contributed by atoms with E-state index in [0.717, 1.165) is 19.3 Å². The van der Waals surface area contributed by atoms with E-state index in [0.29, 0.717) is 23.0 Å². The molecule has 86 valence electrons. The predicted molar refractivity (Wildman–Crippen MR) is 62.9 cm³/mol. The standard InChI is InChI=1S/C15H14O2/c16-14-10-3-1-2-4-11(10)15(17)13-9-6-5-8(7-9)12(13)14/h1-4,8-9,12-13H,5-7H2/t8-,9-,12-,13+/m0/s1. The predicted octanol–water partition coefficient (Wildman–Crippen LogP) is 2.73. The van der Waals surface area contributed by atoms with Crippen molar-refractivity contribution in [1.82, 2.24) is 0 Å². The Morgan fingerprint density at radius 3 is 1.76 bits per heavy atom. The Bertz CT molecular complexity index is 484. The van der Waals surface area contributed by atoms with Crippen molar-refractivity contribution < 1.29 is 9.59 Å². The number of hydrogen-bond acceptors (Lipinski definition) is 2. The summed E-state index contributed by atoms with van der Waals surface area (Å²) in [4.78, 5) is 25.0. The number of benzene rings is 1. The van der Waals surface area contributed by atoms with Crippen LogP contribution in [-0.4, -0.2) is 11.6 Å². The molecule has 3 aliphatic carbocycles. The third kappa shape index (κ3) is 1.06. The van der Waals surface area contributed by atoms with Gasteiger partial charge in [0.1, 0.15) is 0 Å². The Kier molecular flexibility index (Phi) is 1.73. The molecule has 0 amide bonds. The Morgan fingerprint density at radius 2 is 1.29 bits per heavy atom. The fourth-order valence-electron chi connectivity index (χ4n) is 4.32. The minimum Gasteiger partial charge on any atom is -0.294 e. The maximum absolute atomic E-state index is 12.5. The largest absolute Gasteiger partial charge is 0.294 e. The maximum atomic E-state index is 12.5. The molecule has 2 saturated carbocycles. The number of rotatable bonds is 0. The molecule has 2 heteroatoms. The molecule has 0 aliphatic heterocycles. The highest BCUT2D eigenvalue weighted by Crippen LogP contribution is 2.56. The van der Waals surface area contributed by atoms with E-state index in [1.165, 1.54) is 0 Å². The van der Waals surface area contributed by atoms with Crippen molar-refractivity contribution in [3.8, 4) is 0 Å². The van der Waals surface area contributed by atoms with Gasteiger partial charge in [-0.15, -0.1) is 0 Å². The molecule has 2 nitrogen and oxygen atoms in total. The zero-order valence-electron chi connectivity index (χ0n) is 9.56. The fourth-order valence-corrected chi connectivity index (χ4v) is 4.32.